The van der Waals surface area contributed by atoms with Crippen LogP contribution in [0.2, 0.25) is 0 Å². The van der Waals surface area contributed by atoms with Gasteiger partial charge in [-0.2, -0.15) is 5.26 Å². The lowest BCUT2D eigenvalue weighted by molar-refractivity contribution is -0.121. The second kappa shape index (κ2) is 8.81. The summed E-state index contributed by atoms with van der Waals surface area (Å²) < 4.78 is 11.7. The fourth-order valence-electron chi connectivity index (χ4n) is 3.22. The molecule has 0 fully saturated rings. The number of nitrogens with zero attached hydrogens (tertiary/aromatic N) is 1. The van der Waals surface area contributed by atoms with E-state index in [2.05, 4.69) is 32.6 Å². The Morgan fingerprint density at radius 3 is 2.77 bits per heavy atom. The summed E-state index contributed by atoms with van der Waals surface area (Å²) >= 11 is 4.48. The van der Waals surface area contributed by atoms with E-state index in [9.17, 15) is 14.9 Å². The van der Waals surface area contributed by atoms with Gasteiger partial charge in [0.2, 0.25) is 18.6 Å². The maximum atomic E-state index is 12.3. The summed E-state index contributed by atoms with van der Waals surface area (Å²) in [4.78, 5) is 24.6. The molecule has 0 aromatic heterocycles. The van der Waals surface area contributed by atoms with E-state index in [0.717, 1.165) is 21.8 Å². The van der Waals surface area contributed by atoms with E-state index in [1.165, 1.54) is 0 Å². The lowest BCUT2D eigenvalue weighted by Gasteiger charge is -2.25. The van der Waals surface area contributed by atoms with Gasteiger partial charge >= 0.3 is 0 Å². The average Bonchev–Trinajstić information content (AvgIpc) is 3.21. The van der Waals surface area contributed by atoms with E-state index < -0.39 is 5.92 Å². The van der Waals surface area contributed by atoms with Crippen LogP contribution in [0.25, 0.3) is 0 Å². The van der Waals surface area contributed by atoms with E-state index in [1.54, 1.807) is 24.3 Å². The molecule has 0 unspecified atom stereocenters. The number of hydrogen-bond acceptors (Lipinski definition) is 6. The molecule has 2 aromatic carbocycles. The molecule has 2 aromatic rings. The molecule has 0 spiro atoms. The van der Waals surface area contributed by atoms with Crippen molar-refractivity contribution < 1.29 is 19.1 Å². The van der Waals surface area contributed by atoms with Crippen molar-refractivity contribution in [1.82, 2.24) is 5.32 Å². The van der Waals surface area contributed by atoms with Crippen molar-refractivity contribution in [3.05, 3.63) is 63.1 Å². The zero-order valence-electron chi connectivity index (χ0n) is 15.6. The van der Waals surface area contributed by atoms with Gasteiger partial charge in [-0.3, -0.25) is 9.59 Å². The molecule has 30 heavy (non-hydrogen) atoms. The number of thioether (sulfide) groups is 1. The number of halogens is 1. The van der Waals surface area contributed by atoms with E-state index in [1.807, 2.05) is 18.2 Å². The summed E-state index contributed by atoms with van der Waals surface area (Å²) in [6.07, 6.45) is 0.150. The average molecular weight is 486 g/mol. The molecule has 0 bridgehead atoms. The van der Waals surface area contributed by atoms with Gasteiger partial charge in [-0.15, -0.1) is 0 Å². The van der Waals surface area contributed by atoms with Crippen molar-refractivity contribution in [3.8, 4) is 17.6 Å². The van der Waals surface area contributed by atoms with Crippen molar-refractivity contribution in [1.29, 1.82) is 5.26 Å². The number of fused-ring (bicyclic) bond motifs is 1. The molecule has 7 nitrogen and oxygen atoms in total. The highest BCUT2D eigenvalue weighted by Crippen LogP contribution is 2.40. The quantitative estimate of drug-likeness (QED) is 0.666. The zero-order chi connectivity index (χ0) is 21.1. The van der Waals surface area contributed by atoms with Crippen LogP contribution in [0.15, 0.2) is 57.5 Å². The topological polar surface area (TPSA) is 100 Å². The van der Waals surface area contributed by atoms with Crippen LogP contribution in [0, 0.1) is 11.3 Å². The molecule has 0 radical (unpaired) electrons. The largest absolute Gasteiger partial charge is 0.454 e. The van der Waals surface area contributed by atoms with Crippen molar-refractivity contribution in [2.45, 2.75) is 12.3 Å². The molecule has 2 N–H and O–H groups in total. The van der Waals surface area contributed by atoms with Gasteiger partial charge in [0.05, 0.1) is 22.4 Å². The third-order valence-corrected chi connectivity index (χ3v) is 6.18. The molecule has 2 aliphatic rings. The van der Waals surface area contributed by atoms with Crippen LogP contribution < -0.4 is 20.1 Å². The van der Waals surface area contributed by atoms with Gasteiger partial charge in [0.15, 0.2) is 11.5 Å². The Morgan fingerprint density at radius 2 is 2.00 bits per heavy atom. The number of allylic oxidation sites excluding steroid dienone is 1. The van der Waals surface area contributed by atoms with Gasteiger partial charge in [-0.05, 0) is 42.0 Å². The van der Waals surface area contributed by atoms with Crippen LogP contribution in [-0.4, -0.2) is 24.4 Å². The molecular formula is C21H16BrN3O4S. The van der Waals surface area contributed by atoms with Crippen LogP contribution in [0.1, 0.15) is 17.9 Å². The monoisotopic (exact) mass is 485 g/mol. The first-order valence-electron chi connectivity index (χ1n) is 9.05. The maximum Gasteiger partial charge on any atom is 0.234 e. The predicted octanol–water partition coefficient (Wildman–Crippen LogP) is 3.89. The Morgan fingerprint density at radius 1 is 1.23 bits per heavy atom. The molecule has 4 rings (SSSR count). The second-order valence-corrected chi connectivity index (χ2v) is 8.52. The second-order valence-electron chi connectivity index (χ2n) is 6.62. The van der Waals surface area contributed by atoms with E-state index in [0.29, 0.717) is 27.8 Å². The van der Waals surface area contributed by atoms with Crippen molar-refractivity contribution in [3.63, 3.8) is 0 Å². The molecule has 1 atom stereocenters. The molecule has 0 saturated carbocycles. The summed E-state index contributed by atoms with van der Waals surface area (Å²) in [5.41, 5.74) is 1.89. The number of rotatable bonds is 5. The van der Waals surface area contributed by atoms with Crippen LogP contribution in [0.3, 0.4) is 0 Å². The Balaban J connectivity index is 1.50. The summed E-state index contributed by atoms with van der Waals surface area (Å²) in [5.74, 6) is 0.457. The minimum atomic E-state index is -0.407. The standard InChI is InChI=1S/C21H16BrN3O4S/c22-13-2-4-14(5-3-13)24-20(27)10-30-21-16(9-23)15(8-19(26)25-21)12-1-6-17-18(7-12)29-11-28-17/h1-7,15H,8,10-11H2,(H,24,27)(H,25,26)/t15-/m1/s1. The van der Waals surface area contributed by atoms with Gasteiger partial charge in [-0.25, -0.2) is 0 Å². The van der Waals surface area contributed by atoms with E-state index in [4.69, 9.17) is 9.47 Å². The van der Waals surface area contributed by atoms with Gasteiger partial charge in [0.25, 0.3) is 0 Å². The first kappa shape index (κ1) is 20.3. The van der Waals surface area contributed by atoms with Crippen LogP contribution in [-0.2, 0) is 9.59 Å². The number of amides is 2. The Kier molecular flexibility index (Phi) is 5.97. The van der Waals surface area contributed by atoms with E-state index in [-0.39, 0.29) is 30.8 Å². The summed E-state index contributed by atoms with van der Waals surface area (Å²) in [6, 6.07) is 14.8. The number of benzene rings is 2. The molecule has 9 heteroatoms. The molecule has 2 heterocycles. The minimum absolute atomic E-state index is 0.0602. The number of ether oxygens (including phenoxy) is 2. The summed E-state index contributed by atoms with van der Waals surface area (Å²) in [5, 5.41) is 15.7. The van der Waals surface area contributed by atoms with Crippen LogP contribution in [0.5, 0.6) is 11.5 Å². The number of carbonyl (C=O) groups excluding carboxylic acids is 2. The molecule has 2 aliphatic heterocycles. The number of carbonyl (C=O) groups is 2. The predicted molar refractivity (Wildman–Crippen MR) is 116 cm³/mol. The molecular weight excluding hydrogens is 470 g/mol. The number of nitrogens with one attached hydrogen (secondary N) is 2. The Bertz CT molecular complexity index is 1080. The highest BCUT2D eigenvalue weighted by atomic mass is 79.9. The smallest absolute Gasteiger partial charge is 0.234 e. The normalized spacial score (nSPS) is 17.3. The highest BCUT2D eigenvalue weighted by Gasteiger charge is 2.31. The maximum absolute atomic E-state index is 12.3. The lowest BCUT2D eigenvalue weighted by Crippen LogP contribution is -2.31. The van der Waals surface area contributed by atoms with Crippen molar-refractivity contribution >= 4 is 45.2 Å². The number of nitriles is 1. The first-order chi connectivity index (χ1) is 14.5. The molecule has 152 valence electrons. The van der Waals surface area contributed by atoms with Gasteiger partial charge in [0.1, 0.15) is 0 Å². The molecule has 0 aliphatic carbocycles. The fourth-order valence-corrected chi connectivity index (χ4v) is 4.36. The number of anilines is 1. The third kappa shape index (κ3) is 4.45. The minimum Gasteiger partial charge on any atom is -0.454 e. The van der Waals surface area contributed by atoms with Crippen molar-refractivity contribution in [2.75, 3.05) is 17.9 Å². The Hall–Kier alpha value is -2.96. The van der Waals surface area contributed by atoms with Crippen LogP contribution in [0.4, 0.5) is 5.69 Å². The number of hydrogen-bond donors (Lipinski definition) is 2. The SMILES string of the molecule is N#CC1=C(SCC(=O)Nc2ccc(Br)cc2)NC(=O)C[C@@H]1c1ccc2c(c1)OCO2. The lowest BCUT2D eigenvalue weighted by atomic mass is 9.87. The van der Waals surface area contributed by atoms with Gasteiger partial charge < -0.3 is 20.1 Å². The summed E-state index contributed by atoms with van der Waals surface area (Å²) in [6.45, 7) is 0.152. The van der Waals surface area contributed by atoms with E-state index >= 15 is 0 Å². The first-order valence-corrected chi connectivity index (χ1v) is 10.8. The van der Waals surface area contributed by atoms with Gasteiger partial charge in [0, 0.05) is 22.5 Å². The molecule has 0 saturated heterocycles. The molecule has 2 amide bonds. The highest BCUT2D eigenvalue weighted by molar-refractivity contribution is 9.10. The summed E-state index contributed by atoms with van der Waals surface area (Å²) in [7, 11) is 0. The third-order valence-electron chi connectivity index (χ3n) is 4.63. The van der Waals surface area contributed by atoms with Gasteiger partial charge in [-0.1, -0.05) is 33.8 Å². The van der Waals surface area contributed by atoms with Crippen LogP contribution >= 0.6 is 27.7 Å². The Labute approximate surface area is 185 Å². The fraction of sp³-hybridized carbons (Fsp3) is 0.190. The van der Waals surface area contributed by atoms with Crippen molar-refractivity contribution in [2.24, 2.45) is 0 Å². The zero-order valence-corrected chi connectivity index (χ0v) is 18.0.